The van der Waals surface area contributed by atoms with E-state index in [4.69, 9.17) is 18.6 Å². The molecule has 0 spiro atoms. The van der Waals surface area contributed by atoms with E-state index in [1.165, 1.54) is 15.9 Å². The maximum Gasteiger partial charge on any atom is 0.338 e. The summed E-state index contributed by atoms with van der Waals surface area (Å²) in [6, 6.07) is 8.26. The number of thiazole rings is 1. The number of esters is 1. The number of benzene rings is 1. The Kier molecular flexibility index (Phi) is 7.35. The molecule has 3 aromatic rings. The quantitative estimate of drug-likeness (QED) is 0.429. The molecule has 0 fully saturated rings. The normalized spacial score (nSPS) is 15.4. The van der Waals surface area contributed by atoms with Crippen LogP contribution in [-0.2, 0) is 9.53 Å². The van der Waals surface area contributed by atoms with Crippen LogP contribution in [0.15, 0.2) is 55.8 Å². The number of allylic oxidation sites excluding steroid dienone is 1. The molecule has 2 aromatic heterocycles. The number of hydrogen-bond acceptors (Lipinski definition) is 9. The molecule has 0 amide bonds. The third-order valence-corrected chi connectivity index (χ3v) is 6.63. The molecule has 0 aliphatic carbocycles. The van der Waals surface area contributed by atoms with Crippen LogP contribution in [-0.4, -0.2) is 45.0 Å². The van der Waals surface area contributed by atoms with Crippen LogP contribution >= 0.6 is 11.3 Å². The number of furan rings is 1. The fourth-order valence-electron chi connectivity index (χ4n) is 4.03. The van der Waals surface area contributed by atoms with E-state index in [0.29, 0.717) is 55.9 Å². The molecule has 4 rings (SSSR count). The summed E-state index contributed by atoms with van der Waals surface area (Å²) in [6.45, 7) is 6.00. The molecule has 190 valence electrons. The van der Waals surface area contributed by atoms with Crippen LogP contribution in [0.2, 0.25) is 0 Å². The van der Waals surface area contributed by atoms with E-state index in [1.54, 1.807) is 45.2 Å². The second-order valence-electron chi connectivity index (χ2n) is 8.22. The predicted molar refractivity (Wildman–Crippen MR) is 138 cm³/mol. The number of rotatable bonds is 8. The highest BCUT2D eigenvalue weighted by Gasteiger charge is 2.34. The Morgan fingerprint density at radius 1 is 1.19 bits per heavy atom. The number of nitrogens with zero attached hydrogens (tertiary/aromatic N) is 3. The van der Waals surface area contributed by atoms with Crippen molar-refractivity contribution >= 4 is 29.3 Å². The van der Waals surface area contributed by atoms with E-state index >= 15 is 0 Å². The van der Waals surface area contributed by atoms with Crippen molar-refractivity contribution in [3.05, 3.63) is 72.6 Å². The summed E-state index contributed by atoms with van der Waals surface area (Å²) in [6.07, 6.45) is 1.69. The number of hydrogen-bond donors (Lipinski definition) is 0. The minimum Gasteiger partial charge on any atom is -0.493 e. The van der Waals surface area contributed by atoms with Gasteiger partial charge in [0, 0.05) is 26.2 Å². The summed E-state index contributed by atoms with van der Waals surface area (Å²) in [7, 11) is 5.31. The number of aromatic nitrogens is 1. The van der Waals surface area contributed by atoms with E-state index in [1.807, 2.05) is 38.1 Å². The second-order valence-corrected chi connectivity index (χ2v) is 9.23. The molecule has 1 aliphatic heterocycles. The lowest BCUT2D eigenvalue weighted by molar-refractivity contribution is -0.139. The number of carbonyl (C=O) groups is 1. The van der Waals surface area contributed by atoms with Gasteiger partial charge in [0.25, 0.3) is 5.56 Å². The average molecular weight is 512 g/mol. The molecule has 9 nitrogen and oxygen atoms in total. The highest BCUT2D eigenvalue weighted by molar-refractivity contribution is 7.07. The monoisotopic (exact) mass is 511 g/mol. The van der Waals surface area contributed by atoms with Gasteiger partial charge in [-0.15, -0.1) is 0 Å². The molecule has 0 radical (unpaired) electrons. The van der Waals surface area contributed by atoms with Crippen LogP contribution in [0, 0.1) is 0 Å². The predicted octanol–water partition coefficient (Wildman–Crippen LogP) is 2.86. The van der Waals surface area contributed by atoms with Crippen molar-refractivity contribution in [1.29, 1.82) is 0 Å². The minimum atomic E-state index is -0.749. The van der Waals surface area contributed by atoms with Crippen LogP contribution < -0.4 is 29.3 Å². The molecule has 0 bridgehead atoms. The van der Waals surface area contributed by atoms with Crippen LogP contribution in [0.4, 0.5) is 5.88 Å². The Morgan fingerprint density at radius 3 is 2.61 bits per heavy atom. The molecule has 1 atom stereocenters. The lowest BCUT2D eigenvalue weighted by Gasteiger charge is -2.25. The van der Waals surface area contributed by atoms with Gasteiger partial charge in [-0.05, 0) is 44.5 Å². The Balaban J connectivity index is 1.94. The molecule has 36 heavy (non-hydrogen) atoms. The third kappa shape index (κ3) is 4.68. The highest BCUT2D eigenvalue weighted by Crippen LogP contribution is 2.36. The fourth-order valence-corrected chi connectivity index (χ4v) is 5.05. The first-order valence-electron chi connectivity index (χ1n) is 11.6. The Bertz CT molecular complexity index is 1490. The van der Waals surface area contributed by atoms with Gasteiger partial charge in [0.05, 0.1) is 42.2 Å². The van der Waals surface area contributed by atoms with Crippen LogP contribution in [0.5, 0.6) is 11.5 Å². The molecule has 0 N–H and O–H groups in total. The van der Waals surface area contributed by atoms with Crippen molar-refractivity contribution in [3.8, 4) is 11.5 Å². The number of fused-ring (bicyclic) bond motifs is 1. The van der Waals surface area contributed by atoms with Gasteiger partial charge >= 0.3 is 5.97 Å². The summed E-state index contributed by atoms with van der Waals surface area (Å²) in [5.41, 5.74) is 1.19. The van der Waals surface area contributed by atoms with Gasteiger partial charge in [-0.1, -0.05) is 17.4 Å². The molecule has 3 heterocycles. The topological polar surface area (TPSA) is 95.5 Å². The van der Waals surface area contributed by atoms with Crippen molar-refractivity contribution in [1.82, 2.24) is 4.57 Å². The molecular formula is C26H29N3O6S. The Labute approximate surface area is 212 Å². The number of carbonyl (C=O) groups excluding carboxylic acids is 1. The molecule has 0 saturated carbocycles. The summed E-state index contributed by atoms with van der Waals surface area (Å²) < 4.78 is 24.3. The second kappa shape index (κ2) is 10.4. The van der Waals surface area contributed by atoms with E-state index in [2.05, 4.69) is 4.99 Å². The molecule has 0 saturated heterocycles. The van der Waals surface area contributed by atoms with Gasteiger partial charge in [0.15, 0.2) is 22.2 Å². The zero-order valence-corrected chi connectivity index (χ0v) is 22.0. The maximum atomic E-state index is 13.7. The Hall–Kier alpha value is -3.79. The van der Waals surface area contributed by atoms with Gasteiger partial charge in [0.2, 0.25) is 0 Å². The third-order valence-electron chi connectivity index (χ3n) is 5.65. The SMILES string of the molecule is CCOC(=O)C1=C(C)N=c2s/c(=C/c3ccc(N(C)C)o3)c(=O)n2C1c1ccc(OC)c(OCC)c1. The number of ether oxygens (including phenoxy) is 3. The lowest BCUT2D eigenvalue weighted by atomic mass is 9.95. The minimum absolute atomic E-state index is 0.201. The van der Waals surface area contributed by atoms with E-state index < -0.39 is 12.0 Å². The zero-order chi connectivity index (χ0) is 26.0. The zero-order valence-electron chi connectivity index (χ0n) is 21.2. The van der Waals surface area contributed by atoms with Gasteiger partial charge in [-0.2, -0.15) is 0 Å². The van der Waals surface area contributed by atoms with Gasteiger partial charge < -0.3 is 23.5 Å². The Morgan fingerprint density at radius 2 is 1.97 bits per heavy atom. The summed E-state index contributed by atoms with van der Waals surface area (Å²) in [5.74, 6) is 1.78. The van der Waals surface area contributed by atoms with Crippen LogP contribution in [0.1, 0.15) is 38.1 Å². The van der Waals surface area contributed by atoms with Gasteiger partial charge in [-0.25, -0.2) is 9.79 Å². The van der Waals surface area contributed by atoms with Crippen molar-refractivity contribution in [2.75, 3.05) is 39.3 Å². The van der Waals surface area contributed by atoms with Crippen molar-refractivity contribution in [2.45, 2.75) is 26.8 Å². The molecule has 1 unspecified atom stereocenters. The van der Waals surface area contributed by atoms with E-state index in [9.17, 15) is 9.59 Å². The molecular weight excluding hydrogens is 482 g/mol. The molecule has 10 heteroatoms. The van der Waals surface area contributed by atoms with Gasteiger partial charge in [-0.3, -0.25) is 9.36 Å². The summed E-state index contributed by atoms with van der Waals surface area (Å²) in [5, 5.41) is 0. The first-order valence-corrected chi connectivity index (χ1v) is 12.4. The maximum absolute atomic E-state index is 13.7. The lowest BCUT2D eigenvalue weighted by Crippen LogP contribution is -2.39. The molecule has 1 aliphatic rings. The van der Waals surface area contributed by atoms with Crippen molar-refractivity contribution in [3.63, 3.8) is 0 Å². The largest absolute Gasteiger partial charge is 0.493 e. The standard InChI is InChI=1S/C26H29N3O6S/c1-7-33-19-13-16(9-11-18(19)32-6)23-22(25(31)34-8-2)15(3)27-26-29(23)24(30)20(36-26)14-17-10-12-21(35-17)28(4)5/h9-14,23H,7-8H2,1-6H3/b20-14+. The highest BCUT2D eigenvalue weighted by atomic mass is 32.1. The van der Waals surface area contributed by atoms with Crippen LogP contribution in [0.3, 0.4) is 0 Å². The number of methoxy groups -OCH3 is 1. The van der Waals surface area contributed by atoms with Crippen molar-refractivity contribution in [2.24, 2.45) is 4.99 Å². The number of anilines is 1. The first kappa shape index (κ1) is 25.3. The van der Waals surface area contributed by atoms with Gasteiger partial charge in [0.1, 0.15) is 5.76 Å². The average Bonchev–Trinajstić information content (AvgIpc) is 3.43. The fraction of sp³-hybridized carbons (Fsp3) is 0.346. The van der Waals surface area contributed by atoms with Crippen LogP contribution in [0.25, 0.3) is 6.08 Å². The summed E-state index contributed by atoms with van der Waals surface area (Å²) >= 11 is 1.24. The smallest absolute Gasteiger partial charge is 0.338 e. The van der Waals surface area contributed by atoms with Crippen molar-refractivity contribution < 1.29 is 23.4 Å². The van der Waals surface area contributed by atoms with E-state index in [-0.39, 0.29) is 12.2 Å². The summed E-state index contributed by atoms with van der Waals surface area (Å²) in [4.78, 5) is 33.7. The molecule has 1 aromatic carbocycles. The first-order chi connectivity index (χ1) is 17.3. The van der Waals surface area contributed by atoms with E-state index in [0.717, 1.165) is 0 Å².